The number of carbonyl (C=O) groups is 2. The van der Waals surface area contributed by atoms with Crippen molar-refractivity contribution in [1.29, 1.82) is 0 Å². The van der Waals surface area contributed by atoms with Crippen LogP contribution >= 0.6 is 0 Å². The molecule has 0 aromatic heterocycles. The molecular weight excluding hydrogens is 452 g/mol. The quantitative estimate of drug-likeness (QED) is 0.333. The molecule has 0 saturated heterocycles. The first-order chi connectivity index (χ1) is 16.6. The number of fused-ring (bicyclic) bond motifs is 7. The van der Waals surface area contributed by atoms with E-state index in [-0.39, 0.29) is 39.7 Å². The van der Waals surface area contributed by atoms with Crippen LogP contribution in [0.15, 0.2) is 11.6 Å². The Labute approximate surface area is 217 Å². The number of esters is 1. The molecule has 202 valence electrons. The number of rotatable bonds is 2. The largest absolute Gasteiger partial charge is 0.481 e. The number of hydrogen-bond acceptors (Lipinski definition) is 4. The highest BCUT2D eigenvalue weighted by Crippen LogP contribution is 2.75. The lowest BCUT2D eigenvalue weighted by Gasteiger charge is -2.71. The minimum Gasteiger partial charge on any atom is -0.481 e. The molecule has 5 aliphatic rings. The Morgan fingerprint density at radius 3 is 2.22 bits per heavy atom. The van der Waals surface area contributed by atoms with Crippen LogP contribution in [0.4, 0.5) is 0 Å². The molecule has 4 fully saturated rings. The highest BCUT2D eigenvalue weighted by molar-refractivity contribution is 5.77. The maximum Gasteiger partial charge on any atom is 0.310 e. The molecule has 0 aliphatic heterocycles. The molecule has 5 rings (SSSR count). The summed E-state index contributed by atoms with van der Waals surface area (Å²) in [4.78, 5) is 24.8. The van der Waals surface area contributed by atoms with E-state index in [0.717, 1.165) is 38.5 Å². The molecule has 5 heteroatoms. The summed E-state index contributed by atoms with van der Waals surface area (Å²) >= 11 is 0. The Morgan fingerprint density at radius 1 is 0.917 bits per heavy atom. The summed E-state index contributed by atoms with van der Waals surface area (Å²) < 4.78 is 5.83. The van der Waals surface area contributed by atoms with Gasteiger partial charge in [0.15, 0.2) is 0 Å². The van der Waals surface area contributed by atoms with Gasteiger partial charge in [0.1, 0.15) is 5.60 Å². The summed E-state index contributed by atoms with van der Waals surface area (Å²) in [5, 5.41) is 21.5. The lowest BCUT2D eigenvalue weighted by atomic mass is 9.33. The summed E-state index contributed by atoms with van der Waals surface area (Å²) in [5.74, 6) is -0.0398. The molecule has 2 N–H and O–H groups in total. The van der Waals surface area contributed by atoms with Crippen molar-refractivity contribution < 1.29 is 24.5 Å². The van der Waals surface area contributed by atoms with Crippen molar-refractivity contribution >= 4 is 11.9 Å². The van der Waals surface area contributed by atoms with Gasteiger partial charge in [-0.1, -0.05) is 46.3 Å². The van der Waals surface area contributed by atoms with Gasteiger partial charge in [-0.2, -0.15) is 0 Å². The van der Waals surface area contributed by atoms with Crippen LogP contribution in [0.5, 0.6) is 0 Å². The number of aliphatic carboxylic acids is 1. The van der Waals surface area contributed by atoms with E-state index in [4.69, 9.17) is 4.74 Å². The molecule has 0 aromatic carbocycles. The zero-order valence-electron chi connectivity index (χ0n) is 23.6. The van der Waals surface area contributed by atoms with Gasteiger partial charge in [-0.25, -0.2) is 0 Å². The van der Waals surface area contributed by atoms with E-state index >= 15 is 0 Å². The molecule has 0 spiro atoms. The van der Waals surface area contributed by atoms with Crippen LogP contribution in [0.25, 0.3) is 0 Å². The summed E-state index contributed by atoms with van der Waals surface area (Å²) in [7, 11) is 0. The second-order valence-corrected chi connectivity index (χ2v) is 14.9. The van der Waals surface area contributed by atoms with Gasteiger partial charge in [-0.15, -0.1) is 0 Å². The fourth-order valence-corrected chi connectivity index (χ4v) is 10.9. The Morgan fingerprint density at radius 2 is 1.58 bits per heavy atom. The lowest BCUT2D eigenvalue weighted by molar-refractivity contribution is -0.208. The second kappa shape index (κ2) is 7.83. The zero-order valence-corrected chi connectivity index (χ0v) is 23.6. The molecule has 5 nitrogen and oxygen atoms in total. The Kier molecular flexibility index (Phi) is 5.71. The number of carboxylic acids is 1. The van der Waals surface area contributed by atoms with Crippen molar-refractivity contribution in [2.75, 3.05) is 0 Å². The van der Waals surface area contributed by atoms with E-state index in [2.05, 4.69) is 40.7 Å². The first-order valence-corrected chi connectivity index (χ1v) is 14.4. The third kappa shape index (κ3) is 3.23. The van der Waals surface area contributed by atoms with Gasteiger partial charge in [0.2, 0.25) is 0 Å². The predicted molar refractivity (Wildman–Crippen MR) is 139 cm³/mol. The minimum absolute atomic E-state index is 0.0673. The van der Waals surface area contributed by atoms with Crippen LogP contribution in [0, 0.1) is 44.8 Å². The molecule has 9 atom stereocenters. The van der Waals surface area contributed by atoms with Crippen LogP contribution in [0.2, 0.25) is 0 Å². The average Bonchev–Trinajstić information content (AvgIpc) is 2.76. The first-order valence-electron chi connectivity index (χ1n) is 14.4. The number of carboxylic acid groups (broad SMARTS) is 1. The van der Waals surface area contributed by atoms with Gasteiger partial charge < -0.3 is 14.9 Å². The topological polar surface area (TPSA) is 83.8 Å². The number of allylic oxidation sites excluding steroid dienone is 2. The molecule has 0 heterocycles. The van der Waals surface area contributed by atoms with E-state index < -0.39 is 17.0 Å². The highest BCUT2D eigenvalue weighted by Gasteiger charge is 2.69. The van der Waals surface area contributed by atoms with Crippen molar-refractivity contribution in [1.82, 2.24) is 0 Å². The molecule has 0 aromatic rings. The van der Waals surface area contributed by atoms with E-state index in [9.17, 15) is 19.8 Å². The normalized spacial score (nSPS) is 51.5. The van der Waals surface area contributed by atoms with E-state index in [1.807, 2.05) is 6.92 Å². The fraction of sp³-hybridized carbons (Fsp3) is 0.871. The van der Waals surface area contributed by atoms with Crippen molar-refractivity contribution in [3.8, 4) is 0 Å². The average molecular weight is 501 g/mol. The monoisotopic (exact) mass is 500 g/mol. The van der Waals surface area contributed by atoms with Crippen LogP contribution in [-0.4, -0.2) is 33.9 Å². The third-order valence-corrected chi connectivity index (χ3v) is 13.2. The van der Waals surface area contributed by atoms with Crippen LogP contribution in [-0.2, 0) is 14.3 Å². The van der Waals surface area contributed by atoms with Crippen molar-refractivity contribution in [2.24, 2.45) is 44.8 Å². The summed E-state index contributed by atoms with van der Waals surface area (Å²) in [6.45, 7) is 15.4. The first kappa shape index (κ1) is 26.3. The van der Waals surface area contributed by atoms with Gasteiger partial charge in [0, 0.05) is 12.8 Å². The number of aliphatic hydroxyl groups is 1. The number of ether oxygens (including phenoxy) is 1. The molecule has 4 saturated carbocycles. The molecule has 0 radical (unpaired) electrons. The Hall–Kier alpha value is -1.36. The molecular formula is C31H48O5. The SMILES string of the molecule is CC(=O)OC1(C)CC[C@]2(C(=O)O)CC[C@]3(C)C(=CC[C@@H]4[C@@]5(C)CC[C@@H](O)C(C)(C)C5CC[C@]43C)[C@H]2C1. The number of carbonyl (C=O) groups excluding carboxylic acids is 1. The Bertz CT molecular complexity index is 999. The van der Waals surface area contributed by atoms with Gasteiger partial charge in [0.25, 0.3) is 0 Å². The number of aliphatic hydroxyl groups excluding tert-OH is 1. The van der Waals surface area contributed by atoms with Crippen molar-refractivity contribution in [3.05, 3.63) is 11.6 Å². The molecule has 2 unspecified atom stereocenters. The lowest BCUT2D eigenvalue weighted by Crippen LogP contribution is -2.65. The van der Waals surface area contributed by atoms with Gasteiger partial charge in [-0.05, 0) is 105 Å². The van der Waals surface area contributed by atoms with Crippen LogP contribution in [0.1, 0.15) is 113 Å². The number of hydrogen-bond donors (Lipinski definition) is 2. The molecule has 0 amide bonds. The summed E-state index contributed by atoms with van der Waals surface area (Å²) in [6.07, 6.45) is 10.7. The highest BCUT2D eigenvalue weighted by atomic mass is 16.6. The fourth-order valence-electron chi connectivity index (χ4n) is 10.9. The third-order valence-electron chi connectivity index (χ3n) is 13.2. The van der Waals surface area contributed by atoms with Crippen molar-refractivity contribution in [2.45, 2.75) is 124 Å². The minimum atomic E-state index is -0.758. The maximum absolute atomic E-state index is 12.9. The maximum atomic E-state index is 12.9. The second-order valence-electron chi connectivity index (χ2n) is 14.9. The summed E-state index contributed by atoms with van der Waals surface area (Å²) in [5.41, 5.74) is 0.0692. The molecule has 36 heavy (non-hydrogen) atoms. The smallest absolute Gasteiger partial charge is 0.310 e. The van der Waals surface area contributed by atoms with E-state index in [1.165, 1.54) is 12.5 Å². The van der Waals surface area contributed by atoms with Crippen molar-refractivity contribution in [3.63, 3.8) is 0 Å². The van der Waals surface area contributed by atoms with Crippen LogP contribution < -0.4 is 0 Å². The van der Waals surface area contributed by atoms with Gasteiger partial charge >= 0.3 is 11.9 Å². The van der Waals surface area contributed by atoms with Gasteiger partial charge in [0.05, 0.1) is 11.5 Å². The molecule has 0 bridgehead atoms. The predicted octanol–water partition coefficient (Wildman–Crippen LogP) is 6.53. The van der Waals surface area contributed by atoms with E-state index in [1.54, 1.807) is 0 Å². The van der Waals surface area contributed by atoms with Gasteiger partial charge in [-0.3, -0.25) is 9.59 Å². The Balaban J connectivity index is 1.58. The van der Waals surface area contributed by atoms with Crippen LogP contribution in [0.3, 0.4) is 0 Å². The molecule has 5 aliphatic carbocycles. The zero-order chi connectivity index (χ0) is 26.5. The standard InChI is InChI=1S/C31H48O5/c1-19(32)36-27(4)14-16-31(25(34)35)17-15-29(6)20(21(31)18-27)8-9-23-28(5)12-11-24(33)26(2,3)22(28)10-13-30(23,29)7/h8,21-24,33H,9-18H2,1-7H3,(H,34,35)/t21-,22?,23-,24-,27?,28+,29-,30-,31+/m1/s1. The summed E-state index contributed by atoms with van der Waals surface area (Å²) in [6, 6.07) is 0. The van der Waals surface area contributed by atoms with E-state index in [0.29, 0.717) is 37.5 Å².